The molecule has 0 fully saturated rings. The Hall–Kier alpha value is -2.27. The lowest BCUT2D eigenvalue weighted by Crippen LogP contribution is -2.47. The van der Waals surface area contributed by atoms with Gasteiger partial charge in [-0.25, -0.2) is 0 Å². The van der Waals surface area contributed by atoms with Gasteiger partial charge in [0.05, 0.1) is 18.3 Å². The van der Waals surface area contributed by atoms with Crippen LogP contribution in [0.5, 0.6) is 0 Å². The predicted octanol–water partition coefficient (Wildman–Crippen LogP) is 2.92. The molecule has 130 valence electrons. The van der Waals surface area contributed by atoms with Gasteiger partial charge < -0.3 is 10.2 Å². The number of benzene rings is 2. The number of Topliss-reactive ketones (excluding diaryl/α,β-unsaturated/α-hetero) is 1. The van der Waals surface area contributed by atoms with Crippen LogP contribution in [0.25, 0.3) is 0 Å². The van der Waals surface area contributed by atoms with Crippen LogP contribution in [0.3, 0.4) is 0 Å². The molecule has 25 heavy (non-hydrogen) atoms. The molecule has 0 saturated heterocycles. The maximum Gasteiger partial charge on any atom is 0.240 e. The van der Waals surface area contributed by atoms with Crippen molar-refractivity contribution in [3.05, 3.63) is 60.2 Å². The molecule has 2 aromatic rings. The molecule has 0 radical (unpaired) electrons. The van der Waals surface area contributed by atoms with E-state index in [-0.39, 0.29) is 18.2 Å². The highest BCUT2D eigenvalue weighted by Crippen LogP contribution is 2.33. The highest BCUT2D eigenvalue weighted by Gasteiger charge is 2.22. The summed E-state index contributed by atoms with van der Waals surface area (Å²) in [5.74, 6) is 0.828. The van der Waals surface area contributed by atoms with Gasteiger partial charge in [-0.3, -0.25) is 9.59 Å². The number of fused-ring (bicyclic) bond motifs is 1. The summed E-state index contributed by atoms with van der Waals surface area (Å²) in [6.07, 6.45) is 0.522. The van der Waals surface area contributed by atoms with E-state index in [1.165, 1.54) is 11.8 Å². The summed E-state index contributed by atoms with van der Waals surface area (Å²) in [6.45, 7) is 2.63. The van der Waals surface area contributed by atoms with Crippen molar-refractivity contribution >= 4 is 29.1 Å². The van der Waals surface area contributed by atoms with Crippen LogP contribution in [0.4, 0.5) is 5.69 Å². The fraction of sp³-hybridized carbons (Fsp3) is 0.300. The Labute approximate surface area is 152 Å². The first kappa shape index (κ1) is 17.5. The number of carbonyl (C=O) groups excluding carboxylic acids is 2. The van der Waals surface area contributed by atoms with Crippen molar-refractivity contribution in [2.45, 2.75) is 24.3 Å². The van der Waals surface area contributed by atoms with Crippen LogP contribution >= 0.6 is 11.8 Å². The lowest BCUT2D eigenvalue weighted by molar-refractivity contribution is -0.126. The Bertz CT molecular complexity index is 748. The molecular formula is C20H22N2O2S. The van der Waals surface area contributed by atoms with Crippen molar-refractivity contribution in [2.75, 3.05) is 23.7 Å². The average Bonchev–Trinajstić information content (AvgIpc) is 2.62. The van der Waals surface area contributed by atoms with Crippen molar-refractivity contribution in [3.8, 4) is 0 Å². The van der Waals surface area contributed by atoms with Crippen molar-refractivity contribution in [3.63, 3.8) is 0 Å². The number of para-hydroxylation sites is 1. The summed E-state index contributed by atoms with van der Waals surface area (Å²) in [5, 5.41) is 2.91. The number of rotatable bonds is 6. The smallest absolute Gasteiger partial charge is 0.240 e. The predicted molar refractivity (Wildman–Crippen MR) is 102 cm³/mol. The average molecular weight is 354 g/mol. The summed E-state index contributed by atoms with van der Waals surface area (Å²) in [6, 6.07) is 17.4. The molecule has 4 nitrogen and oxygen atoms in total. The summed E-state index contributed by atoms with van der Waals surface area (Å²) >= 11 is 1.81. The summed E-state index contributed by atoms with van der Waals surface area (Å²) in [7, 11) is 0. The van der Waals surface area contributed by atoms with Gasteiger partial charge in [0, 0.05) is 17.2 Å². The minimum Gasteiger partial charge on any atom is -0.360 e. The van der Waals surface area contributed by atoms with Gasteiger partial charge in [0.2, 0.25) is 5.91 Å². The number of ketones is 1. The van der Waals surface area contributed by atoms with Crippen LogP contribution in [-0.2, 0) is 16.0 Å². The SMILES string of the molecule is CC(=O)[C@H](Cc1ccccc1)NC(=O)CN1CCSc2ccccc21. The third-order valence-corrected chi connectivity index (χ3v) is 5.31. The molecule has 1 amide bonds. The summed E-state index contributed by atoms with van der Waals surface area (Å²) in [4.78, 5) is 27.7. The Kier molecular flexibility index (Phi) is 5.76. The van der Waals surface area contributed by atoms with Crippen LogP contribution in [0.1, 0.15) is 12.5 Å². The molecule has 0 aliphatic carbocycles. The maximum absolute atomic E-state index is 12.5. The van der Waals surface area contributed by atoms with Crippen LogP contribution in [0.15, 0.2) is 59.5 Å². The second-order valence-corrected chi connectivity index (χ2v) is 7.29. The third-order valence-electron chi connectivity index (χ3n) is 4.27. The van der Waals surface area contributed by atoms with Crippen molar-refractivity contribution in [1.82, 2.24) is 5.32 Å². The third kappa shape index (κ3) is 4.63. The number of hydrogen-bond acceptors (Lipinski definition) is 4. The number of anilines is 1. The summed E-state index contributed by atoms with van der Waals surface area (Å²) in [5.41, 5.74) is 2.14. The number of thioether (sulfide) groups is 1. The monoisotopic (exact) mass is 354 g/mol. The van der Waals surface area contributed by atoms with Crippen LogP contribution in [0, 0.1) is 0 Å². The maximum atomic E-state index is 12.5. The Morgan fingerprint density at radius 3 is 2.60 bits per heavy atom. The van der Waals surface area contributed by atoms with E-state index >= 15 is 0 Å². The normalized spacial score (nSPS) is 14.5. The van der Waals surface area contributed by atoms with E-state index in [2.05, 4.69) is 16.3 Å². The number of carbonyl (C=O) groups is 2. The molecule has 1 aliphatic heterocycles. The largest absolute Gasteiger partial charge is 0.360 e. The fourth-order valence-corrected chi connectivity index (χ4v) is 4.00. The Morgan fingerprint density at radius 1 is 1.12 bits per heavy atom. The highest BCUT2D eigenvalue weighted by molar-refractivity contribution is 7.99. The van der Waals surface area contributed by atoms with E-state index in [0.717, 1.165) is 23.5 Å². The van der Waals surface area contributed by atoms with Gasteiger partial charge in [-0.1, -0.05) is 42.5 Å². The van der Waals surface area contributed by atoms with Gasteiger partial charge >= 0.3 is 0 Å². The minimum absolute atomic E-state index is 0.0215. The van der Waals surface area contributed by atoms with Gasteiger partial charge in [-0.2, -0.15) is 0 Å². The number of hydrogen-bond donors (Lipinski definition) is 1. The minimum atomic E-state index is -0.482. The quantitative estimate of drug-likeness (QED) is 0.867. The second kappa shape index (κ2) is 8.21. The second-order valence-electron chi connectivity index (χ2n) is 6.16. The first-order valence-electron chi connectivity index (χ1n) is 8.44. The lowest BCUT2D eigenvalue weighted by Gasteiger charge is -2.30. The topological polar surface area (TPSA) is 49.4 Å². The zero-order chi connectivity index (χ0) is 17.6. The van der Waals surface area contributed by atoms with Crippen molar-refractivity contribution in [2.24, 2.45) is 0 Å². The van der Waals surface area contributed by atoms with E-state index in [1.807, 2.05) is 60.3 Å². The molecule has 0 unspecified atom stereocenters. The molecule has 1 aliphatic rings. The molecule has 0 spiro atoms. The molecule has 5 heteroatoms. The molecule has 1 N–H and O–H groups in total. The number of nitrogens with one attached hydrogen (secondary N) is 1. The fourth-order valence-electron chi connectivity index (χ4n) is 2.95. The molecule has 1 atom stereocenters. The summed E-state index contributed by atoms with van der Waals surface area (Å²) < 4.78 is 0. The highest BCUT2D eigenvalue weighted by atomic mass is 32.2. The molecule has 0 aromatic heterocycles. The van der Waals surface area contributed by atoms with E-state index in [0.29, 0.717) is 6.42 Å². The van der Waals surface area contributed by atoms with E-state index in [1.54, 1.807) is 0 Å². The van der Waals surface area contributed by atoms with Crippen LogP contribution < -0.4 is 10.2 Å². The van der Waals surface area contributed by atoms with Gasteiger partial charge in [0.1, 0.15) is 0 Å². The molecule has 2 aromatic carbocycles. The zero-order valence-corrected chi connectivity index (χ0v) is 15.1. The van der Waals surface area contributed by atoms with Gasteiger partial charge in [0.25, 0.3) is 0 Å². The lowest BCUT2D eigenvalue weighted by atomic mass is 10.0. The Balaban J connectivity index is 1.64. The molecule has 1 heterocycles. The van der Waals surface area contributed by atoms with Crippen molar-refractivity contribution < 1.29 is 9.59 Å². The van der Waals surface area contributed by atoms with Gasteiger partial charge in [0.15, 0.2) is 5.78 Å². The van der Waals surface area contributed by atoms with Gasteiger partial charge in [-0.15, -0.1) is 11.8 Å². The van der Waals surface area contributed by atoms with E-state index in [4.69, 9.17) is 0 Å². The molecular weight excluding hydrogens is 332 g/mol. The van der Waals surface area contributed by atoms with Crippen LogP contribution in [-0.4, -0.2) is 36.6 Å². The van der Waals surface area contributed by atoms with E-state index < -0.39 is 6.04 Å². The van der Waals surface area contributed by atoms with E-state index in [9.17, 15) is 9.59 Å². The standard InChI is InChI=1S/C20H22N2O2S/c1-15(23)17(13-16-7-3-2-4-8-16)21-20(24)14-22-11-12-25-19-10-6-5-9-18(19)22/h2-10,17H,11-14H2,1H3,(H,21,24)/t17-/m0/s1. The number of amides is 1. The zero-order valence-electron chi connectivity index (χ0n) is 14.3. The number of nitrogens with zero attached hydrogens (tertiary/aromatic N) is 1. The molecule has 0 saturated carbocycles. The van der Waals surface area contributed by atoms with Gasteiger partial charge in [-0.05, 0) is 31.0 Å². The van der Waals surface area contributed by atoms with Crippen LogP contribution in [0.2, 0.25) is 0 Å². The molecule has 0 bridgehead atoms. The molecule has 3 rings (SSSR count). The van der Waals surface area contributed by atoms with Crippen molar-refractivity contribution in [1.29, 1.82) is 0 Å². The Morgan fingerprint density at radius 2 is 1.84 bits per heavy atom. The first-order valence-corrected chi connectivity index (χ1v) is 9.42. The first-order chi connectivity index (χ1) is 12.1.